The summed E-state index contributed by atoms with van der Waals surface area (Å²) < 4.78 is 5.62. The van der Waals surface area contributed by atoms with Crippen molar-refractivity contribution < 1.29 is 14.3 Å². The number of thioether (sulfide) groups is 1. The molecule has 0 bridgehead atoms. The lowest BCUT2D eigenvalue weighted by molar-refractivity contribution is 0.0144. The number of benzene rings is 2. The lowest BCUT2D eigenvalue weighted by atomic mass is 10.1. The van der Waals surface area contributed by atoms with E-state index in [1.807, 2.05) is 63.4 Å². The maximum absolute atomic E-state index is 14.2. The van der Waals surface area contributed by atoms with E-state index < -0.39 is 11.7 Å². The van der Waals surface area contributed by atoms with Gasteiger partial charge in [-0.25, -0.2) is 14.8 Å². The van der Waals surface area contributed by atoms with Crippen LogP contribution in [0.1, 0.15) is 49.7 Å². The van der Waals surface area contributed by atoms with Gasteiger partial charge in [-0.2, -0.15) is 5.26 Å². The van der Waals surface area contributed by atoms with Crippen molar-refractivity contribution in [2.24, 2.45) is 0 Å². The van der Waals surface area contributed by atoms with Crippen molar-refractivity contribution >= 4 is 57.6 Å². The Morgan fingerprint density at radius 3 is 2.63 bits per heavy atom. The fourth-order valence-corrected chi connectivity index (χ4v) is 6.11. The largest absolute Gasteiger partial charge is 0.444 e. The van der Waals surface area contributed by atoms with Crippen molar-refractivity contribution in [1.82, 2.24) is 14.9 Å². The summed E-state index contributed by atoms with van der Waals surface area (Å²) in [7, 11) is 0. The Kier molecular flexibility index (Phi) is 8.30. The van der Waals surface area contributed by atoms with Crippen molar-refractivity contribution in [3.63, 3.8) is 0 Å². The molecule has 9 nitrogen and oxygen atoms in total. The van der Waals surface area contributed by atoms with E-state index in [2.05, 4.69) is 11.0 Å². The molecule has 0 spiro atoms. The van der Waals surface area contributed by atoms with E-state index in [0.717, 1.165) is 22.0 Å². The number of piperazine rings is 1. The van der Waals surface area contributed by atoms with Crippen LogP contribution in [0.15, 0.2) is 41.6 Å². The Balaban J connectivity index is 1.51. The van der Waals surface area contributed by atoms with E-state index in [1.54, 1.807) is 9.80 Å². The maximum atomic E-state index is 14.2. The quantitative estimate of drug-likeness (QED) is 0.271. The second-order valence-corrected chi connectivity index (χ2v) is 12.4. The fraction of sp³-hybridized carbons (Fsp3) is 0.433. The monoisotopic (exact) mass is 592 g/mol. The highest BCUT2D eigenvalue weighted by Gasteiger charge is 2.36. The first-order valence-corrected chi connectivity index (χ1v) is 15.3. The molecule has 1 saturated heterocycles. The van der Waals surface area contributed by atoms with Gasteiger partial charge in [0.2, 0.25) is 0 Å². The Labute approximate surface area is 249 Å². The molecule has 1 aromatic heterocycles. The van der Waals surface area contributed by atoms with Crippen LogP contribution in [0.4, 0.5) is 16.3 Å². The normalized spacial score (nSPS) is 17.7. The zero-order valence-electron chi connectivity index (χ0n) is 23.7. The predicted octanol–water partition coefficient (Wildman–Crippen LogP) is 5.94. The van der Waals surface area contributed by atoms with Gasteiger partial charge in [-0.15, -0.1) is 0 Å². The molecular weight excluding hydrogens is 560 g/mol. The molecule has 0 unspecified atom stereocenters. The molecule has 0 saturated carbocycles. The number of nitrogens with zero attached hydrogens (tertiary/aromatic N) is 6. The van der Waals surface area contributed by atoms with Crippen LogP contribution in [0.2, 0.25) is 5.02 Å². The van der Waals surface area contributed by atoms with Crippen LogP contribution in [-0.2, 0) is 11.2 Å². The molecular formula is C30H33ClN6O3S. The van der Waals surface area contributed by atoms with Crippen molar-refractivity contribution in [3.05, 3.63) is 52.7 Å². The molecule has 3 heterocycles. The van der Waals surface area contributed by atoms with E-state index in [-0.39, 0.29) is 18.4 Å². The van der Waals surface area contributed by atoms with Gasteiger partial charge >= 0.3 is 6.09 Å². The fourth-order valence-electron chi connectivity index (χ4n) is 5.48. The van der Waals surface area contributed by atoms with Crippen molar-refractivity contribution in [3.8, 4) is 6.07 Å². The van der Waals surface area contributed by atoms with E-state index in [4.69, 9.17) is 26.3 Å². The van der Waals surface area contributed by atoms with Crippen molar-refractivity contribution in [2.45, 2.75) is 56.8 Å². The van der Waals surface area contributed by atoms with E-state index in [9.17, 15) is 14.9 Å². The van der Waals surface area contributed by atoms with Crippen LogP contribution in [-0.4, -0.2) is 70.9 Å². The molecule has 5 rings (SSSR count). The topological polar surface area (TPSA) is 103 Å². The third-order valence-electron chi connectivity index (χ3n) is 7.26. The molecule has 2 aliphatic rings. The number of rotatable bonds is 4. The highest BCUT2D eigenvalue weighted by atomic mass is 35.5. The molecule has 0 radical (unpaired) electrons. The van der Waals surface area contributed by atoms with Gasteiger partial charge in [-0.05, 0) is 57.4 Å². The molecule has 3 aromatic rings. The number of halogens is 1. The standard InChI is InChI=1S/C30H33ClN6O3S/c1-30(2,3)40-29(39)36-17-16-35(18-20(36)13-14-32)26-21-10-7-15-37(27(38)25(21)33-28(34-26)41-4)23-12-6-9-19-8-5-11-22(31)24(19)23/h5-6,8-9,11-12,20H,7,10,13,15-18H2,1-4H3/t20-/m0/s1. The number of ether oxygens (including phenoxy) is 1. The molecule has 0 N–H and O–H groups in total. The summed E-state index contributed by atoms with van der Waals surface area (Å²) in [5.41, 5.74) is 1.30. The van der Waals surface area contributed by atoms with Gasteiger partial charge in [-0.1, -0.05) is 47.6 Å². The number of nitriles is 1. The van der Waals surface area contributed by atoms with Crippen LogP contribution in [0.25, 0.3) is 10.8 Å². The highest BCUT2D eigenvalue weighted by Crippen LogP contribution is 2.37. The number of hydrogen-bond donors (Lipinski definition) is 0. The Bertz CT molecular complexity index is 1530. The first-order valence-electron chi connectivity index (χ1n) is 13.7. The summed E-state index contributed by atoms with van der Waals surface area (Å²) in [4.78, 5) is 42.2. The van der Waals surface area contributed by atoms with Crippen LogP contribution in [0.3, 0.4) is 0 Å². The minimum absolute atomic E-state index is 0.160. The van der Waals surface area contributed by atoms with Crippen molar-refractivity contribution in [1.29, 1.82) is 5.26 Å². The number of carbonyl (C=O) groups excluding carboxylic acids is 2. The molecule has 2 aromatic carbocycles. The molecule has 41 heavy (non-hydrogen) atoms. The third-order valence-corrected chi connectivity index (χ3v) is 8.13. The molecule has 1 fully saturated rings. The Morgan fingerprint density at radius 2 is 1.93 bits per heavy atom. The van der Waals surface area contributed by atoms with Gasteiger partial charge in [0.1, 0.15) is 17.1 Å². The van der Waals surface area contributed by atoms with Gasteiger partial charge in [0.05, 0.1) is 29.2 Å². The van der Waals surface area contributed by atoms with Gasteiger partial charge < -0.3 is 19.4 Å². The molecule has 2 amide bonds. The van der Waals surface area contributed by atoms with Gasteiger partial charge in [0.25, 0.3) is 5.91 Å². The maximum Gasteiger partial charge on any atom is 0.410 e. The Morgan fingerprint density at radius 1 is 1.17 bits per heavy atom. The zero-order chi connectivity index (χ0) is 29.3. The average Bonchev–Trinajstić information content (AvgIpc) is 3.10. The first-order chi connectivity index (χ1) is 19.6. The second kappa shape index (κ2) is 11.7. The highest BCUT2D eigenvalue weighted by molar-refractivity contribution is 7.98. The van der Waals surface area contributed by atoms with E-state index in [1.165, 1.54) is 11.8 Å². The van der Waals surface area contributed by atoms with Gasteiger partial charge in [0, 0.05) is 37.1 Å². The lowest BCUT2D eigenvalue weighted by Gasteiger charge is -2.42. The summed E-state index contributed by atoms with van der Waals surface area (Å²) in [6.07, 6.45) is 2.95. The van der Waals surface area contributed by atoms with Gasteiger partial charge in [-0.3, -0.25) is 4.79 Å². The van der Waals surface area contributed by atoms with Crippen molar-refractivity contribution in [2.75, 3.05) is 42.2 Å². The Hall–Kier alpha value is -3.55. The molecule has 0 aliphatic carbocycles. The summed E-state index contributed by atoms with van der Waals surface area (Å²) in [5, 5.41) is 12.4. The number of carbonyl (C=O) groups is 2. The summed E-state index contributed by atoms with van der Waals surface area (Å²) in [6.45, 7) is 7.27. The second-order valence-electron chi connectivity index (χ2n) is 11.2. The number of fused-ring (bicyclic) bond motifs is 2. The first kappa shape index (κ1) is 29.0. The summed E-state index contributed by atoms with van der Waals surface area (Å²) in [6, 6.07) is 13.4. The van der Waals surface area contributed by atoms with Crippen LogP contribution < -0.4 is 9.80 Å². The number of amides is 2. The summed E-state index contributed by atoms with van der Waals surface area (Å²) >= 11 is 8.00. The molecule has 214 valence electrons. The zero-order valence-corrected chi connectivity index (χ0v) is 25.3. The number of aromatic nitrogens is 2. The van der Waals surface area contributed by atoms with E-state index >= 15 is 0 Å². The predicted molar refractivity (Wildman–Crippen MR) is 162 cm³/mol. The smallest absolute Gasteiger partial charge is 0.410 e. The van der Waals surface area contributed by atoms with Gasteiger partial charge in [0.15, 0.2) is 5.16 Å². The molecule has 1 atom stereocenters. The van der Waals surface area contributed by atoms with Crippen LogP contribution in [0, 0.1) is 11.3 Å². The van der Waals surface area contributed by atoms with Crippen LogP contribution in [0.5, 0.6) is 0 Å². The minimum atomic E-state index is -0.636. The van der Waals surface area contributed by atoms with E-state index in [0.29, 0.717) is 60.7 Å². The number of hydrogen-bond acceptors (Lipinski definition) is 8. The van der Waals surface area contributed by atoms with Crippen LogP contribution >= 0.6 is 23.4 Å². The third kappa shape index (κ3) is 5.92. The molecule has 11 heteroatoms. The average molecular weight is 593 g/mol. The number of anilines is 2. The minimum Gasteiger partial charge on any atom is -0.444 e. The molecule has 2 aliphatic heterocycles. The lowest BCUT2D eigenvalue weighted by Crippen LogP contribution is -2.56. The SMILES string of the molecule is CSc1nc2c(c(N3CCN(C(=O)OC(C)(C)C)[C@@H](CC#N)C3)n1)CCCN(c1cccc3cccc(Cl)c13)C2=O. The summed E-state index contributed by atoms with van der Waals surface area (Å²) in [5.74, 6) is 0.502.